The maximum absolute atomic E-state index is 12.5. The summed E-state index contributed by atoms with van der Waals surface area (Å²) in [6.07, 6.45) is 1.82. The lowest BCUT2D eigenvalue weighted by Crippen LogP contribution is -2.48. The molecule has 0 N–H and O–H groups in total. The molecule has 0 aromatic carbocycles. The van der Waals surface area contributed by atoms with Gasteiger partial charge in [0.25, 0.3) is 0 Å². The molecule has 1 rings (SSSR count). The zero-order valence-electron chi connectivity index (χ0n) is 12.8. The van der Waals surface area contributed by atoms with Crippen molar-refractivity contribution < 1.29 is 13.2 Å². The summed E-state index contributed by atoms with van der Waals surface area (Å²) in [6, 6.07) is 0. The van der Waals surface area contributed by atoms with E-state index in [0.29, 0.717) is 13.1 Å². The van der Waals surface area contributed by atoms with Gasteiger partial charge in [0, 0.05) is 18.5 Å². The first kappa shape index (κ1) is 16.5. The van der Waals surface area contributed by atoms with Crippen molar-refractivity contribution >= 4 is 15.7 Å². The third-order valence-corrected chi connectivity index (χ3v) is 5.32. The quantitative estimate of drug-likeness (QED) is 0.799. The van der Waals surface area contributed by atoms with Gasteiger partial charge in [0.15, 0.2) is 9.84 Å². The van der Waals surface area contributed by atoms with Crippen molar-refractivity contribution in [2.75, 3.05) is 24.6 Å². The molecule has 0 radical (unpaired) electrons. The topological polar surface area (TPSA) is 54.5 Å². The van der Waals surface area contributed by atoms with Crippen LogP contribution in [0.1, 0.15) is 47.5 Å². The monoisotopic (exact) mass is 289 g/mol. The molecule has 0 saturated carbocycles. The van der Waals surface area contributed by atoms with E-state index < -0.39 is 15.3 Å². The van der Waals surface area contributed by atoms with Gasteiger partial charge in [0.1, 0.15) is 0 Å². The molecule has 0 atom stereocenters. The molecule has 1 aliphatic heterocycles. The summed E-state index contributed by atoms with van der Waals surface area (Å²) in [7, 11) is -2.92. The summed E-state index contributed by atoms with van der Waals surface area (Å²) in [4.78, 5) is 14.2. The third-order valence-electron chi connectivity index (χ3n) is 3.71. The number of rotatable bonds is 3. The molecule has 112 valence electrons. The molecule has 1 aliphatic rings. The summed E-state index contributed by atoms with van der Waals surface area (Å²) < 4.78 is 22.8. The van der Waals surface area contributed by atoms with Gasteiger partial charge < -0.3 is 4.90 Å². The van der Waals surface area contributed by atoms with Gasteiger partial charge in [-0.2, -0.15) is 0 Å². The Morgan fingerprint density at radius 3 is 1.89 bits per heavy atom. The van der Waals surface area contributed by atoms with Gasteiger partial charge in [0.2, 0.25) is 5.91 Å². The predicted octanol–water partition coefficient (Wildman–Crippen LogP) is 2.10. The Balaban J connectivity index is 2.61. The number of amides is 1. The van der Waals surface area contributed by atoms with Gasteiger partial charge in [-0.3, -0.25) is 4.79 Å². The highest BCUT2D eigenvalue weighted by Crippen LogP contribution is 2.32. The van der Waals surface area contributed by atoms with Crippen molar-refractivity contribution in [1.29, 1.82) is 0 Å². The standard InChI is InChI=1S/C14H27NO3S/c1-13(2,3)6-7-14(4,5)12(16)15-8-10-19(17,18)11-9-15/h6-11H2,1-5H3. The summed E-state index contributed by atoms with van der Waals surface area (Å²) in [5.41, 5.74) is -0.197. The minimum Gasteiger partial charge on any atom is -0.340 e. The van der Waals surface area contributed by atoms with E-state index in [1.165, 1.54) is 0 Å². The minimum atomic E-state index is -2.92. The van der Waals surface area contributed by atoms with E-state index in [-0.39, 0.29) is 22.8 Å². The van der Waals surface area contributed by atoms with Crippen molar-refractivity contribution in [3.8, 4) is 0 Å². The van der Waals surface area contributed by atoms with Crippen molar-refractivity contribution in [3.63, 3.8) is 0 Å². The fourth-order valence-corrected chi connectivity index (χ4v) is 3.34. The second-order valence-electron chi connectivity index (χ2n) is 7.39. The van der Waals surface area contributed by atoms with Crippen LogP contribution in [0, 0.1) is 10.8 Å². The normalized spacial score (nSPS) is 20.4. The largest absolute Gasteiger partial charge is 0.340 e. The summed E-state index contributed by atoms with van der Waals surface area (Å²) >= 11 is 0. The molecule has 4 nitrogen and oxygen atoms in total. The average Bonchev–Trinajstić information content (AvgIpc) is 2.25. The molecular weight excluding hydrogens is 262 g/mol. The zero-order valence-corrected chi connectivity index (χ0v) is 13.6. The maximum Gasteiger partial charge on any atom is 0.228 e. The van der Waals surface area contributed by atoms with Crippen LogP contribution < -0.4 is 0 Å². The Labute approximate surface area is 117 Å². The first-order chi connectivity index (χ1) is 8.43. The zero-order chi connectivity index (χ0) is 14.9. The van der Waals surface area contributed by atoms with Gasteiger partial charge in [-0.15, -0.1) is 0 Å². The first-order valence-electron chi connectivity index (χ1n) is 6.93. The highest BCUT2D eigenvalue weighted by molar-refractivity contribution is 7.91. The molecule has 0 bridgehead atoms. The van der Waals surface area contributed by atoms with Crippen molar-refractivity contribution in [1.82, 2.24) is 4.90 Å². The fourth-order valence-electron chi connectivity index (χ4n) is 2.14. The Kier molecular flexibility index (Phi) is 4.71. The molecule has 1 amide bonds. The number of hydrogen-bond acceptors (Lipinski definition) is 3. The summed E-state index contributed by atoms with van der Waals surface area (Å²) in [6.45, 7) is 11.1. The van der Waals surface area contributed by atoms with Gasteiger partial charge in [-0.25, -0.2) is 8.42 Å². The lowest BCUT2D eigenvalue weighted by atomic mass is 9.79. The number of hydrogen-bond donors (Lipinski definition) is 0. The van der Waals surface area contributed by atoms with Crippen LogP contribution in [0.2, 0.25) is 0 Å². The maximum atomic E-state index is 12.5. The van der Waals surface area contributed by atoms with Crippen LogP contribution >= 0.6 is 0 Å². The molecule has 1 saturated heterocycles. The van der Waals surface area contributed by atoms with E-state index in [0.717, 1.165) is 12.8 Å². The van der Waals surface area contributed by atoms with Gasteiger partial charge in [0.05, 0.1) is 11.5 Å². The molecule has 0 aromatic heterocycles. The molecular formula is C14H27NO3S. The highest BCUT2D eigenvalue weighted by atomic mass is 32.2. The fraction of sp³-hybridized carbons (Fsp3) is 0.929. The molecule has 0 unspecified atom stereocenters. The molecule has 0 spiro atoms. The number of carbonyl (C=O) groups is 1. The summed E-state index contributed by atoms with van der Waals surface area (Å²) in [5, 5.41) is 0. The van der Waals surface area contributed by atoms with E-state index in [1.54, 1.807) is 4.90 Å². The number of sulfone groups is 1. The van der Waals surface area contributed by atoms with Gasteiger partial charge in [-0.05, 0) is 18.3 Å². The van der Waals surface area contributed by atoms with E-state index >= 15 is 0 Å². The van der Waals surface area contributed by atoms with Crippen molar-refractivity contribution in [2.24, 2.45) is 10.8 Å². The van der Waals surface area contributed by atoms with E-state index in [2.05, 4.69) is 20.8 Å². The Bertz CT molecular complexity index is 418. The Hall–Kier alpha value is -0.580. The van der Waals surface area contributed by atoms with Gasteiger partial charge in [-0.1, -0.05) is 34.6 Å². The Morgan fingerprint density at radius 1 is 1.00 bits per heavy atom. The predicted molar refractivity (Wildman–Crippen MR) is 77.7 cm³/mol. The lowest BCUT2D eigenvalue weighted by molar-refractivity contribution is -0.140. The van der Waals surface area contributed by atoms with Crippen LogP contribution in [0.25, 0.3) is 0 Å². The van der Waals surface area contributed by atoms with E-state index in [4.69, 9.17) is 0 Å². The number of carbonyl (C=O) groups excluding carboxylic acids is 1. The molecule has 0 aliphatic carbocycles. The third kappa shape index (κ3) is 5.13. The smallest absolute Gasteiger partial charge is 0.228 e. The van der Waals surface area contributed by atoms with Crippen LogP contribution in [-0.4, -0.2) is 43.8 Å². The Morgan fingerprint density at radius 2 is 1.47 bits per heavy atom. The average molecular weight is 289 g/mol. The number of nitrogens with zero attached hydrogens (tertiary/aromatic N) is 1. The molecule has 1 fully saturated rings. The minimum absolute atomic E-state index is 0.0895. The molecule has 5 heteroatoms. The van der Waals surface area contributed by atoms with Crippen LogP contribution in [0.4, 0.5) is 0 Å². The van der Waals surface area contributed by atoms with E-state index in [1.807, 2.05) is 13.8 Å². The molecule has 1 heterocycles. The first-order valence-corrected chi connectivity index (χ1v) is 8.75. The highest BCUT2D eigenvalue weighted by Gasteiger charge is 2.35. The SMILES string of the molecule is CC(C)(C)CCC(C)(C)C(=O)N1CCS(=O)(=O)CC1. The molecule has 19 heavy (non-hydrogen) atoms. The van der Waals surface area contributed by atoms with Gasteiger partial charge >= 0.3 is 0 Å². The second kappa shape index (κ2) is 5.43. The van der Waals surface area contributed by atoms with Crippen molar-refractivity contribution in [3.05, 3.63) is 0 Å². The molecule has 0 aromatic rings. The van der Waals surface area contributed by atoms with Crippen molar-refractivity contribution in [2.45, 2.75) is 47.5 Å². The second-order valence-corrected chi connectivity index (χ2v) is 9.69. The van der Waals surface area contributed by atoms with Crippen LogP contribution in [0.5, 0.6) is 0 Å². The summed E-state index contributed by atoms with van der Waals surface area (Å²) in [5.74, 6) is 0.300. The van der Waals surface area contributed by atoms with Crippen LogP contribution in [0.15, 0.2) is 0 Å². The van der Waals surface area contributed by atoms with Crippen LogP contribution in [0.3, 0.4) is 0 Å². The lowest BCUT2D eigenvalue weighted by Gasteiger charge is -2.35. The van der Waals surface area contributed by atoms with E-state index in [9.17, 15) is 13.2 Å². The van der Waals surface area contributed by atoms with Crippen LogP contribution in [-0.2, 0) is 14.6 Å².